The van der Waals surface area contributed by atoms with Crippen LogP contribution in [0.4, 0.5) is 0 Å². The summed E-state index contributed by atoms with van der Waals surface area (Å²) in [4.78, 5) is 23.8. The Bertz CT molecular complexity index is 707. The molecule has 3 rings (SSSR count). The van der Waals surface area contributed by atoms with Crippen LogP contribution in [-0.4, -0.2) is 31.3 Å². The van der Waals surface area contributed by atoms with E-state index in [1.54, 1.807) is 6.26 Å². The number of Topliss-reactive ketones (excluding diaryl/α,β-unsaturated/α-hetero) is 1. The fraction of sp³-hybridized carbons (Fsp3) is 0.704. The van der Waals surface area contributed by atoms with Gasteiger partial charge in [0.25, 0.3) is 0 Å². The first-order chi connectivity index (χ1) is 15.6. The standard InChI is InChI=1S/C27H40O5/c1-3-4-5-11-22(28)14-15-23-24-18-20(10-6-7-12-26(29)30-2)17-21(24)19-25(23)32-27-13-8-9-16-31-27/h8-10,13,16,21,23-25,27H,3-7,11-12,14-15,17-19H2,1-2H3/b20-10+/t21-,23?,24-,25+,27+/m0/s1. The van der Waals surface area contributed by atoms with Gasteiger partial charge >= 0.3 is 5.97 Å². The summed E-state index contributed by atoms with van der Waals surface area (Å²) in [6.45, 7) is 2.17. The van der Waals surface area contributed by atoms with Crippen molar-refractivity contribution in [3.8, 4) is 0 Å². The number of esters is 1. The molecule has 0 N–H and O–H groups in total. The first kappa shape index (κ1) is 24.8. The summed E-state index contributed by atoms with van der Waals surface area (Å²) in [5.41, 5.74) is 1.51. The fourth-order valence-electron chi connectivity index (χ4n) is 5.57. The molecule has 0 radical (unpaired) electrons. The lowest BCUT2D eigenvalue weighted by molar-refractivity contribution is -0.140. The first-order valence-electron chi connectivity index (χ1n) is 12.5. The van der Waals surface area contributed by atoms with Crippen molar-refractivity contribution < 1.29 is 23.8 Å². The normalized spacial score (nSPS) is 29.8. The number of hydrogen-bond donors (Lipinski definition) is 0. The molecule has 5 atom stereocenters. The molecule has 0 saturated heterocycles. The second kappa shape index (κ2) is 13.0. The number of ketones is 1. The highest BCUT2D eigenvalue weighted by molar-refractivity contribution is 5.78. The fourth-order valence-corrected chi connectivity index (χ4v) is 5.57. The zero-order valence-corrected chi connectivity index (χ0v) is 19.8. The summed E-state index contributed by atoms with van der Waals surface area (Å²) in [7, 11) is 1.44. The molecule has 1 aliphatic heterocycles. The maximum Gasteiger partial charge on any atom is 0.305 e. The average Bonchev–Trinajstić information content (AvgIpc) is 3.33. The van der Waals surface area contributed by atoms with Crippen molar-refractivity contribution in [2.45, 2.75) is 96.4 Å². The van der Waals surface area contributed by atoms with Gasteiger partial charge in [-0.3, -0.25) is 9.59 Å². The topological polar surface area (TPSA) is 61.8 Å². The molecule has 2 saturated carbocycles. The lowest BCUT2D eigenvalue weighted by Crippen LogP contribution is -2.28. The lowest BCUT2D eigenvalue weighted by Gasteiger charge is -2.27. The Kier molecular flexibility index (Phi) is 10.0. The molecular formula is C27H40O5. The predicted molar refractivity (Wildman–Crippen MR) is 125 cm³/mol. The van der Waals surface area contributed by atoms with Crippen LogP contribution < -0.4 is 0 Å². The number of carbonyl (C=O) groups is 2. The maximum atomic E-state index is 12.4. The van der Waals surface area contributed by atoms with Crippen molar-refractivity contribution in [1.29, 1.82) is 0 Å². The summed E-state index contributed by atoms with van der Waals surface area (Å²) in [5, 5.41) is 0. The molecule has 32 heavy (non-hydrogen) atoms. The van der Waals surface area contributed by atoms with Gasteiger partial charge < -0.3 is 14.2 Å². The van der Waals surface area contributed by atoms with Crippen molar-refractivity contribution in [3.05, 3.63) is 36.1 Å². The van der Waals surface area contributed by atoms with E-state index in [-0.39, 0.29) is 18.4 Å². The summed E-state index contributed by atoms with van der Waals surface area (Å²) < 4.78 is 16.7. The minimum absolute atomic E-state index is 0.135. The highest BCUT2D eigenvalue weighted by Gasteiger charge is 2.47. The van der Waals surface area contributed by atoms with E-state index in [2.05, 4.69) is 13.0 Å². The van der Waals surface area contributed by atoms with Crippen LogP contribution in [0.1, 0.15) is 84.0 Å². The molecule has 5 heteroatoms. The van der Waals surface area contributed by atoms with E-state index in [0.29, 0.717) is 42.8 Å². The van der Waals surface area contributed by atoms with E-state index in [1.807, 2.05) is 18.2 Å². The number of rotatable bonds is 13. The number of hydrogen-bond acceptors (Lipinski definition) is 5. The summed E-state index contributed by atoms with van der Waals surface area (Å²) in [5.74, 6) is 1.87. The average molecular weight is 445 g/mol. The van der Waals surface area contributed by atoms with Gasteiger partial charge in [-0.05, 0) is 74.9 Å². The maximum absolute atomic E-state index is 12.4. The molecule has 0 aromatic rings. The third-order valence-electron chi connectivity index (χ3n) is 7.23. The Morgan fingerprint density at radius 2 is 2.00 bits per heavy atom. The van der Waals surface area contributed by atoms with Crippen molar-refractivity contribution in [1.82, 2.24) is 0 Å². The molecule has 3 aliphatic rings. The van der Waals surface area contributed by atoms with Crippen LogP contribution in [0, 0.1) is 17.8 Å². The van der Waals surface area contributed by atoms with Gasteiger partial charge in [0, 0.05) is 19.3 Å². The van der Waals surface area contributed by atoms with Gasteiger partial charge in [-0.25, -0.2) is 0 Å². The first-order valence-corrected chi connectivity index (χ1v) is 12.5. The van der Waals surface area contributed by atoms with Gasteiger partial charge in [0.15, 0.2) is 0 Å². The molecule has 0 spiro atoms. The smallest absolute Gasteiger partial charge is 0.305 e. The molecule has 0 amide bonds. The van der Waals surface area contributed by atoms with E-state index >= 15 is 0 Å². The molecule has 5 nitrogen and oxygen atoms in total. The molecule has 0 aromatic heterocycles. The molecule has 0 aromatic carbocycles. The second-order valence-electron chi connectivity index (χ2n) is 9.49. The van der Waals surface area contributed by atoms with E-state index in [4.69, 9.17) is 14.2 Å². The zero-order chi connectivity index (χ0) is 22.8. The van der Waals surface area contributed by atoms with Crippen molar-refractivity contribution >= 4 is 11.8 Å². The Labute approximate surface area is 193 Å². The molecule has 178 valence electrons. The SMILES string of the molecule is CCCCCC(=O)CCC1[C@H]2C/C(=C/CCCC(=O)OC)C[C@H]2C[C@H]1O[C@@H]1C=CC=CO1. The highest BCUT2D eigenvalue weighted by atomic mass is 16.7. The molecule has 1 unspecified atom stereocenters. The Morgan fingerprint density at radius 3 is 2.75 bits per heavy atom. The quantitative estimate of drug-likeness (QED) is 0.197. The van der Waals surface area contributed by atoms with E-state index < -0.39 is 0 Å². The minimum Gasteiger partial charge on any atom is -0.469 e. The number of allylic oxidation sites excluding steroid dienone is 4. The summed E-state index contributed by atoms with van der Waals surface area (Å²) in [6.07, 6.45) is 20.7. The molecule has 0 bridgehead atoms. The van der Waals surface area contributed by atoms with Gasteiger partial charge in [-0.15, -0.1) is 0 Å². The largest absolute Gasteiger partial charge is 0.469 e. The molecule has 2 fully saturated rings. The van der Waals surface area contributed by atoms with Crippen molar-refractivity contribution in [2.24, 2.45) is 17.8 Å². The monoisotopic (exact) mass is 444 g/mol. The van der Waals surface area contributed by atoms with Gasteiger partial charge in [-0.1, -0.05) is 37.5 Å². The van der Waals surface area contributed by atoms with Crippen LogP contribution in [0.3, 0.4) is 0 Å². The van der Waals surface area contributed by atoms with E-state index in [9.17, 15) is 9.59 Å². The number of methoxy groups -OCH3 is 1. The Hall–Kier alpha value is -1.88. The third kappa shape index (κ3) is 7.33. The van der Waals surface area contributed by atoms with E-state index in [0.717, 1.165) is 57.8 Å². The highest BCUT2D eigenvalue weighted by Crippen LogP contribution is 2.52. The van der Waals surface area contributed by atoms with Crippen LogP contribution in [0.15, 0.2) is 36.1 Å². The number of ether oxygens (including phenoxy) is 3. The summed E-state index contributed by atoms with van der Waals surface area (Å²) in [6, 6.07) is 0. The Morgan fingerprint density at radius 1 is 1.12 bits per heavy atom. The predicted octanol–water partition coefficient (Wildman–Crippen LogP) is 6.04. The van der Waals surface area contributed by atoms with Gasteiger partial charge in [0.05, 0.1) is 19.5 Å². The van der Waals surface area contributed by atoms with Crippen LogP contribution >= 0.6 is 0 Å². The van der Waals surface area contributed by atoms with Crippen LogP contribution in [0.2, 0.25) is 0 Å². The molecular weight excluding hydrogens is 404 g/mol. The Balaban J connectivity index is 1.55. The molecule has 1 heterocycles. The second-order valence-corrected chi connectivity index (χ2v) is 9.49. The minimum atomic E-state index is -0.320. The van der Waals surface area contributed by atoms with Crippen LogP contribution in [0.5, 0.6) is 0 Å². The number of carbonyl (C=O) groups excluding carboxylic acids is 2. The number of unbranched alkanes of at least 4 members (excludes halogenated alkanes) is 3. The van der Waals surface area contributed by atoms with Crippen molar-refractivity contribution in [2.75, 3.05) is 7.11 Å². The van der Waals surface area contributed by atoms with Gasteiger partial charge in [-0.2, -0.15) is 0 Å². The number of fused-ring (bicyclic) bond motifs is 1. The summed E-state index contributed by atoms with van der Waals surface area (Å²) >= 11 is 0. The zero-order valence-electron chi connectivity index (χ0n) is 19.8. The van der Waals surface area contributed by atoms with Crippen LogP contribution in [0.25, 0.3) is 0 Å². The van der Waals surface area contributed by atoms with Crippen LogP contribution in [-0.2, 0) is 23.8 Å². The third-order valence-corrected chi connectivity index (χ3v) is 7.23. The van der Waals surface area contributed by atoms with Gasteiger partial charge in [0.1, 0.15) is 5.78 Å². The van der Waals surface area contributed by atoms with E-state index in [1.165, 1.54) is 12.7 Å². The van der Waals surface area contributed by atoms with Crippen molar-refractivity contribution in [3.63, 3.8) is 0 Å². The lowest BCUT2D eigenvalue weighted by atomic mass is 9.86. The van der Waals surface area contributed by atoms with Gasteiger partial charge in [0.2, 0.25) is 6.29 Å². The molecule has 2 aliphatic carbocycles.